The molecule has 2 N–H and O–H groups in total. The molecular formula is C43H80N2O5. The molecule has 1 aliphatic rings. The van der Waals surface area contributed by atoms with Crippen LogP contribution >= 0.6 is 0 Å². The summed E-state index contributed by atoms with van der Waals surface area (Å²) >= 11 is 0. The quantitative estimate of drug-likeness (QED) is 0.0497. The molecule has 0 fully saturated rings. The van der Waals surface area contributed by atoms with Crippen molar-refractivity contribution in [2.24, 2.45) is 4.99 Å². The van der Waals surface area contributed by atoms with Crippen LogP contribution in [0.3, 0.4) is 0 Å². The highest BCUT2D eigenvalue weighted by atomic mass is 16.5. The van der Waals surface area contributed by atoms with Crippen LogP contribution in [0.5, 0.6) is 0 Å². The fourth-order valence-electron chi connectivity index (χ4n) is 6.14. The van der Waals surface area contributed by atoms with Gasteiger partial charge < -0.3 is 19.8 Å². The van der Waals surface area contributed by atoms with Gasteiger partial charge in [0.05, 0.1) is 32.0 Å². The van der Waals surface area contributed by atoms with Gasteiger partial charge in [0, 0.05) is 25.9 Å². The summed E-state index contributed by atoms with van der Waals surface area (Å²) in [5, 5.41) is 17.1. The lowest BCUT2D eigenvalue weighted by Crippen LogP contribution is -2.31. The van der Waals surface area contributed by atoms with Gasteiger partial charge in [0.15, 0.2) is 0 Å². The van der Waals surface area contributed by atoms with Gasteiger partial charge in [-0.25, -0.2) is 0 Å². The molecule has 50 heavy (non-hydrogen) atoms. The van der Waals surface area contributed by atoms with Crippen molar-refractivity contribution in [1.82, 2.24) is 4.90 Å². The van der Waals surface area contributed by atoms with Crippen molar-refractivity contribution in [1.29, 1.82) is 0 Å². The van der Waals surface area contributed by atoms with Crippen LogP contribution in [0.4, 0.5) is 0 Å². The number of nitrogens with zero attached hydrogens (tertiary/aromatic N) is 2. The Bertz CT molecular complexity index is 841. The van der Waals surface area contributed by atoms with Crippen LogP contribution in [0.2, 0.25) is 0 Å². The highest BCUT2D eigenvalue weighted by molar-refractivity contribution is 5.83. The second-order valence-electron chi connectivity index (χ2n) is 14.1. The van der Waals surface area contributed by atoms with Gasteiger partial charge in [0.25, 0.3) is 0 Å². The second-order valence-corrected chi connectivity index (χ2v) is 14.1. The molecule has 7 heteroatoms. The number of hydrogen-bond donors (Lipinski definition) is 2. The zero-order chi connectivity index (χ0) is 36.6. The Hall–Kier alpha value is -2.15. The summed E-state index contributed by atoms with van der Waals surface area (Å²) in [6.07, 6.45) is 44.4. The number of unbranched alkanes of at least 4 members (excludes halogenated alkanes) is 22. The van der Waals surface area contributed by atoms with Gasteiger partial charge in [-0.3, -0.25) is 14.6 Å². The zero-order valence-corrected chi connectivity index (χ0v) is 32.9. The Balaban J connectivity index is 0.00000105. The van der Waals surface area contributed by atoms with Crippen LogP contribution in [0.15, 0.2) is 29.3 Å². The third-order valence-electron chi connectivity index (χ3n) is 9.31. The molecule has 0 saturated carbocycles. The molecule has 0 aromatic carbocycles. The molecular weight excluding hydrogens is 624 g/mol. The molecule has 1 rings (SSSR count). The molecule has 0 radical (unpaired) electrons. The SMILES string of the molecule is CCCCCCCC/C=C\CCCCCCCC(=O)O.CCCCCCCCC=CCCCCCCCC1=NCCN1CCOCCC(=O)O. The largest absolute Gasteiger partial charge is 0.481 e. The number of carboxylic acid groups (broad SMARTS) is 2. The molecule has 292 valence electrons. The maximum Gasteiger partial charge on any atom is 0.305 e. The topological polar surface area (TPSA) is 99.4 Å². The molecule has 0 spiro atoms. The van der Waals surface area contributed by atoms with E-state index in [2.05, 4.69) is 48.0 Å². The van der Waals surface area contributed by atoms with Crippen LogP contribution in [0.1, 0.15) is 200 Å². The summed E-state index contributed by atoms with van der Waals surface area (Å²) in [6, 6.07) is 0. The Kier molecular flexibility index (Phi) is 37.9. The summed E-state index contributed by atoms with van der Waals surface area (Å²) in [4.78, 5) is 27.7. The molecule has 0 saturated heterocycles. The van der Waals surface area contributed by atoms with E-state index in [4.69, 9.17) is 14.9 Å². The first-order valence-corrected chi connectivity index (χ1v) is 21.1. The summed E-state index contributed by atoms with van der Waals surface area (Å²) in [6.45, 7) is 8.09. The summed E-state index contributed by atoms with van der Waals surface area (Å²) in [7, 11) is 0. The van der Waals surface area contributed by atoms with Gasteiger partial charge in [0.1, 0.15) is 0 Å². The minimum absolute atomic E-state index is 0.0792. The fraction of sp³-hybridized carbons (Fsp3) is 0.837. The van der Waals surface area contributed by atoms with Crippen molar-refractivity contribution >= 4 is 17.8 Å². The number of rotatable bonds is 36. The highest BCUT2D eigenvalue weighted by Gasteiger charge is 2.15. The van der Waals surface area contributed by atoms with Crippen LogP contribution < -0.4 is 0 Å². The lowest BCUT2D eigenvalue weighted by molar-refractivity contribution is -0.138. The van der Waals surface area contributed by atoms with Crippen LogP contribution in [-0.2, 0) is 14.3 Å². The van der Waals surface area contributed by atoms with E-state index in [1.165, 1.54) is 160 Å². The van der Waals surface area contributed by atoms with Crippen molar-refractivity contribution in [2.45, 2.75) is 200 Å². The predicted molar refractivity (Wildman–Crippen MR) is 213 cm³/mol. The average molecular weight is 705 g/mol. The maximum absolute atomic E-state index is 10.5. The fourth-order valence-corrected chi connectivity index (χ4v) is 6.14. The normalized spacial score (nSPS) is 12.9. The monoisotopic (exact) mass is 705 g/mol. The first-order valence-electron chi connectivity index (χ1n) is 21.1. The van der Waals surface area contributed by atoms with E-state index in [-0.39, 0.29) is 6.42 Å². The van der Waals surface area contributed by atoms with E-state index in [9.17, 15) is 9.59 Å². The third kappa shape index (κ3) is 37.1. The van der Waals surface area contributed by atoms with Gasteiger partial charge in [-0.2, -0.15) is 0 Å². The third-order valence-corrected chi connectivity index (χ3v) is 9.31. The molecule has 1 heterocycles. The Morgan fingerprint density at radius 2 is 1.00 bits per heavy atom. The number of carboxylic acids is 2. The Morgan fingerprint density at radius 1 is 0.580 bits per heavy atom. The molecule has 0 aromatic rings. The molecule has 1 aliphatic heterocycles. The number of allylic oxidation sites excluding steroid dienone is 4. The van der Waals surface area contributed by atoms with E-state index >= 15 is 0 Å². The summed E-state index contributed by atoms with van der Waals surface area (Å²) < 4.78 is 5.40. The van der Waals surface area contributed by atoms with E-state index in [1.807, 2.05) is 0 Å². The van der Waals surface area contributed by atoms with Crippen LogP contribution in [0, 0.1) is 0 Å². The maximum atomic E-state index is 10.5. The minimum Gasteiger partial charge on any atom is -0.481 e. The number of amidine groups is 1. The standard InChI is InChI=1S/C25H46N2O3.C18H34O2/c1-2-3-4-5-6-7-8-9-10-11-12-13-14-15-16-17-24-26-19-20-27(24)21-23-30-22-18-25(28)29;1-2-3-4-5-6-7-8-9-10-11-12-13-14-15-16-17-18(19)20/h9-10H,2-8,11-23H2,1H3,(H,28,29);9-10H,2-8,11-17H2,1H3,(H,19,20)/b;10-9-. The minimum atomic E-state index is -0.803. The number of hydrogen-bond acceptors (Lipinski definition) is 5. The van der Waals surface area contributed by atoms with Crippen LogP contribution in [0.25, 0.3) is 0 Å². The Labute approximate surface area is 308 Å². The predicted octanol–water partition coefficient (Wildman–Crippen LogP) is 12.3. The molecule has 7 nitrogen and oxygen atoms in total. The molecule has 0 unspecified atom stereocenters. The van der Waals surface area contributed by atoms with E-state index in [0.29, 0.717) is 19.6 Å². The van der Waals surface area contributed by atoms with Crippen LogP contribution in [-0.4, -0.2) is 65.7 Å². The number of carbonyl (C=O) groups is 2. The van der Waals surface area contributed by atoms with Gasteiger partial charge in [-0.1, -0.05) is 141 Å². The zero-order valence-electron chi connectivity index (χ0n) is 32.9. The molecule has 0 bridgehead atoms. The summed E-state index contributed by atoms with van der Waals surface area (Å²) in [5.41, 5.74) is 0. The molecule has 0 amide bonds. The second kappa shape index (κ2) is 39.6. The highest BCUT2D eigenvalue weighted by Crippen LogP contribution is 2.14. The van der Waals surface area contributed by atoms with Crippen molar-refractivity contribution in [3.63, 3.8) is 0 Å². The average Bonchev–Trinajstić information content (AvgIpc) is 3.55. The first-order chi connectivity index (χ1) is 24.5. The van der Waals surface area contributed by atoms with Crippen molar-refractivity contribution in [3.05, 3.63) is 24.3 Å². The number of ether oxygens (including phenoxy) is 1. The Morgan fingerprint density at radius 3 is 1.46 bits per heavy atom. The van der Waals surface area contributed by atoms with E-state index in [1.54, 1.807) is 0 Å². The number of aliphatic carboxylic acids is 2. The summed E-state index contributed by atoms with van der Waals surface area (Å²) in [5.74, 6) is -0.250. The van der Waals surface area contributed by atoms with Crippen molar-refractivity contribution in [3.8, 4) is 0 Å². The van der Waals surface area contributed by atoms with E-state index < -0.39 is 11.9 Å². The number of aliphatic imine (C=N–C) groups is 1. The van der Waals surface area contributed by atoms with Gasteiger partial charge in [-0.15, -0.1) is 0 Å². The van der Waals surface area contributed by atoms with Gasteiger partial charge in [-0.05, 0) is 64.2 Å². The lowest BCUT2D eigenvalue weighted by Gasteiger charge is -2.20. The lowest BCUT2D eigenvalue weighted by atomic mass is 10.1. The molecule has 0 aromatic heterocycles. The van der Waals surface area contributed by atoms with Gasteiger partial charge in [0.2, 0.25) is 0 Å². The van der Waals surface area contributed by atoms with Gasteiger partial charge >= 0.3 is 11.9 Å². The first kappa shape index (κ1) is 47.8. The van der Waals surface area contributed by atoms with E-state index in [0.717, 1.165) is 38.9 Å². The smallest absolute Gasteiger partial charge is 0.305 e. The van der Waals surface area contributed by atoms with Crippen molar-refractivity contribution < 1.29 is 24.5 Å². The van der Waals surface area contributed by atoms with Crippen molar-refractivity contribution in [2.75, 3.05) is 32.8 Å². The molecule has 0 aliphatic carbocycles. The molecule has 0 atom stereocenters.